The Balaban J connectivity index is 2.50. The summed E-state index contributed by atoms with van der Waals surface area (Å²) in [5, 5.41) is 6.98. The second-order valence-electron chi connectivity index (χ2n) is 4.68. The molecule has 0 unspecified atom stereocenters. The first-order valence-electron chi connectivity index (χ1n) is 5.77. The molecule has 0 amide bonds. The summed E-state index contributed by atoms with van der Waals surface area (Å²) in [4.78, 5) is 0. The number of benzene rings is 1. The van der Waals surface area contributed by atoms with E-state index in [4.69, 9.17) is 5.73 Å². The maximum atomic E-state index is 13.1. The molecule has 0 aliphatic heterocycles. The lowest BCUT2D eigenvalue weighted by Crippen LogP contribution is -1.99. The summed E-state index contributed by atoms with van der Waals surface area (Å²) in [6.45, 7) is 4.24. The quantitative estimate of drug-likeness (QED) is 0.906. The molecule has 2 rings (SSSR count). The van der Waals surface area contributed by atoms with E-state index in [2.05, 4.69) is 40.0 Å². The van der Waals surface area contributed by atoms with E-state index in [1.54, 1.807) is 6.07 Å². The average Bonchev–Trinajstić information content (AvgIpc) is 2.60. The number of hydrogen-bond acceptors (Lipinski definition) is 2. The Labute approximate surface area is 114 Å². The van der Waals surface area contributed by atoms with Crippen LogP contribution in [0.3, 0.4) is 0 Å². The third kappa shape index (κ3) is 2.56. The van der Waals surface area contributed by atoms with Crippen LogP contribution >= 0.6 is 15.9 Å². The summed E-state index contributed by atoms with van der Waals surface area (Å²) in [5.74, 6) is 0.710. The van der Waals surface area contributed by atoms with E-state index < -0.39 is 0 Å². The van der Waals surface area contributed by atoms with Gasteiger partial charge in [0.25, 0.3) is 0 Å². The maximum Gasteiger partial charge on any atom is 0.149 e. The molecule has 0 aliphatic rings. The molecular formula is C13H15BrFN3. The second-order valence-corrected chi connectivity index (χ2v) is 5.54. The lowest BCUT2D eigenvalue weighted by Gasteiger charge is -2.08. The van der Waals surface area contributed by atoms with Crippen LogP contribution in [0.25, 0.3) is 11.3 Å². The SMILES string of the molecule is CC(C)Cc1c(N)n[nH]c1-c1ccc(F)cc1Br. The summed E-state index contributed by atoms with van der Waals surface area (Å²) >= 11 is 3.36. The fraction of sp³-hybridized carbons (Fsp3) is 0.308. The first-order chi connectivity index (χ1) is 8.49. The number of aromatic nitrogens is 2. The molecule has 0 bridgehead atoms. The summed E-state index contributed by atoms with van der Waals surface area (Å²) in [7, 11) is 0. The van der Waals surface area contributed by atoms with Crippen LogP contribution in [0.5, 0.6) is 0 Å². The van der Waals surface area contributed by atoms with Crippen LogP contribution in [0.1, 0.15) is 19.4 Å². The lowest BCUT2D eigenvalue weighted by atomic mass is 9.99. The smallest absolute Gasteiger partial charge is 0.149 e. The van der Waals surface area contributed by atoms with Crippen LogP contribution < -0.4 is 5.73 Å². The molecule has 1 aromatic heterocycles. The molecule has 0 aliphatic carbocycles. The van der Waals surface area contributed by atoms with Crippen LogP contribution in [0, 0.1) is 11.7 Å². The molecule has 1 aromatic carbocycles. The minimum Gasteiger partial charge on any atom is -0.382 e. The van der Waals surface area contributed by atoms with Gasteiger partial charge in [0, 0.05) is 15.6 Å². The van der Waals surface area contributed by atoms with Crippen molar-refractivity contribution < 1.29 is 4.39 Å². The van der Waals surface area contributed by atoms with Crippen molar-refractivity contribution in [2.45, 2.75) is 20.3 Å². The number of anilines is 1. The predicted molar refractivity (Wildman–Crippen MR) is 74.6 cm³/mol. The molecule has 2 aromatic rings. The van der Waals surface area contributed by atoms with Crippen molar-refractivity contribution in [2.24, 2.45) is 5.92 Å². The highest BCUT2D eigenvalue weighted by atomic mass is 79.9. The van der Waals surface area contributed by atoms with Crippen LogP contribution in [0.2, 0.25) is 0 Å². The van der Waals surface area contributed by atoms with Crippen molar-refractivity contribution in [1.29, 1.82) is 0 Å². The Morgan fingerprint density at radius 2 is 2.17 bits per heavy atom. The van der Waals surface area contributed by atoms with Crippen molar-refractivity contribution in [3.63, 3.8) is 0 Å². The number of halogens is 2. The fourth-order valence-electron chi connectivity index (χ4n) is 1.91. The Morgan fingerprint density at radius 3 is 2.78 bits per heavy atom. The predicted octanol–water partition coefficient (Wildman–Crippen LogP) is 3.76. The highest BCUT2D eigenvalue weighted by Crippen LogP contribution is 2.33. The molecule has 0 saturated carbocycles. The number of nitrogen functional groups attached to an aromatic ring is 1. The Kier molecular flexibility index (Phi) is 3.71. The molecule has 3 N–H and O–H groups in total. The third-order valence-corrected chi connectivity index (χ3v) is 3.37. The van der Waals surface area contributed by atoms with Crippen molar-refractivity contribution in [3.8, 4) is 11.3 Å². The first-order valence-corrected chi connectivity index (χ1v) is 6.56. The van der Waals surface area contributed by atoms with Crippen molar-refractivity contribution in [3.05, 3.63) is 34.1 Å². The zero-order valence-corrected chi connectivity index (χ0v) is 11.9. The molecule has 5 heteroatoms. The molecule has 1 heterocycles. The van der Waals surface area contributed by atoms with E-state index in [9.17, 15) is 4.39 Å². The summed E-state index contributed by atoms with van der Waals surface area (Å²) in [6, 6.07) is 4.58. The minimum absolute atomic E-state index is 0.275. The van der Waals surface area contributed by atoms with Gasteiger partial charge in [0.15, 0.2) is 0 Å². The zero-order valence-electron chi connectivity index (χ0n) is 10.3. The van der Waals surface area contributed by atoms with Crippen molar-refractivity contribution in [2.75, 3.05) is 5.73 Å². The number of H-pyrrole nitrogens is 1. The molecule has 0 spiro atoms. The monoisotopic (exact) mass is 311 g/mol. The molecule has 0 saturated heterocycles. The van der Waals surface area contributed by atoms with E-state index in [0.29, 0.717) is 16.2 Å². The van der Waals surface area contributed by atoms with Crippen LogP contribution in [-0.2, 0) is 6.42 Å². The minimum atomic E-state index is -0.275. The van der Waals surface area contributed by atoms with Crippen LogP contribution in [0.4, 0.5) is 10.2 Å². The van der Waals surface area contributed by atoms with E-state index >= 15 is 0 Å². The Hall–Kier alpha value is -1.36. The van der Waals surface area contributed by atoms with Gasteiger partial charge in [-0.25, -0.2) is 4.39 Å². The van der Waals surface area contributed by atoms with E-state index in [-0.39, 0.29) is 5.82 Å². The number of hydrogen-bond donors (Lipinski definition) is 2. The van der Waals surface area contributed by atoms with Gasteiger partial charge >= 0.3 is 0 Å². The van der Waals surface area contributed by atoms with E-state index in [0.717, 1.165) is 23.2 Å². The van der Waals surface area contributed by atoms with Crippen molar-refractivity contribution in [1.82, 2.24) is 10.2 Å². The molecule has 0 fully saturated rings. The van der Waals surface area contributed by atoms with Gasteiger partial charge in [-0.15, -0.1) is 0 Å². The highest BCUT2D eigenvalue weighted by molar-refractivity contribution is 9.10. The van der Waals surface area contributed by atoms with Gasteiger partial charge in [0.1, 0.15) is 11.6 Å². The topological polar surface area (TPSA) is 54.7 Å². The van der Waals surface area contributed by atoms with Gasteiger partial charge in [-0.3, -0.25) is 5.10 Å². The number of nitrogens with one attached hydrogen (secondary N) is 1. The van der Waals surface area contributed by atoms with Crippen molar-refractivity contribution >= 4 is 21.7 Å². The van der Waals surface area contributed by atoms with E-state index in [1.165, 1.54) is 12.1 Å². The lowest BCUT2D eigenvalue weighted by molar-refractivity contribution is 0.627. The molecule has 0 atom stereocenters. The molecule has 96 valence electrons. The highest BCUT2D eigenvalue weighted by Gasteiger charge is 2.16. The van der Waals surface area contributed by atoms with Gasteiger partial charge < -0.3 is 5.73 Å². The summed E-state index contributed by atoms with van der Waals surface area (Å²) in [6.07, 6.45) is 0.835. The normalized spacial score (nSPS) is 11.2. The third-order valence-electron chi connectivity index (χ3n) is 2.71. The van der Waals surface area contributed by atoms with Gasteiger partial charge in [-0.1, -0.05) is 13.8 Å². The number of aromatic amines is 1. The Bertz CT molecular complexity index is 563. The largest absolute Gasteiger partial charge is 0.382 e. The van der Waals surface area contributed by atoms with Gasteiger partial charge in [-0.05, 0) is 46.5 Å². The number of rotatable bonds is 3. The van der Waals surface area contributed by atoms with Gasteiger partial charge in [0.05, 0.1) is 5.69 Å². The fourth-order valence-corrected chi connectivity index (χ4v) is 2.46. The maximum absolute atomic E-state index is 13.1. The molecular weight excluding hydrogens is 297 g/mol. The average molecular weight is 312 g/mol. The Morgan fingerprint density at radius 1 is 1.44 bits per heavy atom. The summed E-state index contributed by atoms with van der Waals surface area (Å²) in [5.41, 5.74) is 8.59. The number of nitrogens with two attached hydrogens (primary N) is 1. The molecule has 0 radical (unpaired) electrons. The second kappa shape index (κ2) is 5.10. The first kappa shape index (κ1) is 13.1. The van der Waals surface area contributed by atoms with Crippen LogP contribution in [-0.4, -0.2) is 10.2 Å². The molecule has 18 heavy (non-hydrogen) atoms. The van der Waals surface area contributed by atoms with Crippen LogP contribution in [0.15, 0.2) is 22.7 Å². The van der Waals surface area contributed by atoms with E-state index in [1.807, 2.05) is 0 Å². The van der Waals surface area contributed by atoms with Gasteiger partial charge in [0.2, 0.25) is 0 Å². The van der Waals surface area contributed by atoms with Gasteiger partial charge in [-0.2, -0.15) is 5.10 Å². The summed E-state index contributed by atoms with van der Waals surface area (Å²) < 4.78 is 13.8. The zero-order chi connectivity index (χ0) is 13.3. The standard InChI is InChI=1S/C13H15BrFN3/c1-7(2)5-10-12(17-18-13(10)16)9-4-3-8(15)6-11(9)14/h3-4,6-7H,5H2,1-2H3,(H3,16,17,18). The number of nitrogens with zero attached hydrogens (tertiary/aromatic N) is 1. The molecule has 3 nitrogen and oxygen atoms in total.